The highest BCUT2D eigenvalue weighted by Crippen LogP contribution is 2.19. The van der Waals surface area contributed by atoms with E-state index in [1.54, 1.807) is 0 Å². The molecule has 6 heteroatoms. The smallest absolute Gasteiger partial charge is 0.306 e. The van der Waals surface area contributed by atoms with Crippen LogP contribution in [0.15, 0.2) is 0 Å². The van der Waals surface area contributed by atoms with Crippen LogP contribution in [0.4, 0.5) is 0 Å². The van der Waals surface area contributed by atoms with Gasteiger partial charge in [0.2, 0.25) is 0 Å². The Balaban J connectivity index is 4.18. The molecular weight excluding hydrogens is 829 g/mol. The lowest BCUT2D eigenvalue weighted by Crippen LogP contribution is -2.30. The summed E-state index contributed by atoms with van der Waals surface area (Å²) in [4.78, 5) is 38.1. The summed E-state index contributed by atoms with van der Waals surface area (Å²) in [6.45, 7) is 13.8. The minimum Gasteiger partial charge on any atom is -0.462 e. The van der Waals surface area contributed by atoms with E-state index in [1.807, 2.05) is 0 Å². The van der Waals surface area contributed by atoms with E-state index >= 15 is 0 Å². The SMILES string of the molecule is CCC(C)CCCCCCCCCCCCCCCCCCCCC(=O)OC[C@@H](COC(=O)CCCCCCCCC(C)C)OC(=O)CCCCCCCCCCCCCCCCC(C)CC. The molecule has 0 fully saturated rings. The van der Waals surface area contributed by atoms with Crippen molar-refractivity contribution in [3.63, 3.8) is 0 Å². The van der Waals surface area contributed by atoms with Crippen LogP contribution in [-0.2, 0) is 28.6 Å². The second-order valence-corrected chi connectivity index (χ2v) is 21.9. The van der Waals surface area contributed by atoms with Gasteiger partial charge in [-0.05, 0) is 37.0 Å². The Morgan fingerprint density at radius 3 is 0.776 bits per heavy atom. The zero-order valence-corrected chi connectivity index (χ0v) is 46.2. The topological polar surface area (TPSA) is 78.9 Å². The number of ether oxygens (including phenoxy) is 3. The molecule has 0 spiro atoms. The van der Waals surface area contributed by atoms with E-state index in [2.05, 4.69) is 41.5 Å². The van der Waals surface area contributed by atoms with Crippen molar-refractivity contribution in [2.75, 3.05) is 13.2 Å². The first kappa shape index (κ1) is 65.4. The van der Waals surface area contributed by atoms with Gasteiger partial charge < -0.3 is 14.2 Å². The molecule has 0 aliphatic rings. The number of carbonyl (C=O) groups excluding carboxylic acids is 3. The zero-order valence-electron chi connectivity index (χ0n) is 46.2. The number of rotatable bonds is 54. The maximum Gasteiger partial charge on any atom is 0.306 e. The van der Waals surface area contributed by atoms with E-state index in [9.17, 15) is 14.4 Å². The lowest BCUT2D eigenvalue weighted by atomic mass is 9.99. The molecule has 0 amide bonds. The van der Waals surface area contributed by atoms with Crippen molar-refractivity contribution < 1.29 is 28.6 Å². The number of esters is 3. The molecule has 0 saturated carbocycles. The predicted molar refractivity (Wildman–Crippen MR) is 289 cm³/mol. The fourth-order valence-corrected chi connectivity index (χ4v) is 9.29. The van der Waals surface area contributed by atoms with Gasteiger partial charge in [-0.25, -0.2) is 0 Å². The van der Waals surface area contributed by atoms with Crippen molar-refractivity contribution in [1.82, 2.24) is 0 Å². The highest BCUT2D eigenvalue weighted by atomic mass is 16.6. The average Bonchev–Trinajstić information content (AvgIpc) is 3.31. The molecule has 0 radical (unpaired) electrons. The Labute approximate surface area is 418 Å². The fraction of sp³-hybridized carbons (Fsp3) is 0.951. The lowest BCUT2D eigenvalue weighted by molar-refractivity contribution is -0.167. The molecule has 0 N–H and O–H groups in total. The third-order valence-electron chi connectivity index (χ3n) is 14.6. The first-order valence-electron chi connectivity index (χ1n) is 30.2. The number of carbonyl (C=O) groups is 3. The second-order valence-electron chi connectivity index (χ2n) is 21.9. The summed E-state index contributed by atoms with van der Waals surface area (Å²) in [5.74, 6) is 1.72. The molecule has 0 rings (SSSR count). The molecule has 0 aliphatic carbocycles. The first-order chi connectivity index (χ1) is 32.7. The van der Waals surface area contributed by atoms with Gasteiger partial charge in [0.05, 0.1) is 0 Å². The van der Waals surface area contributed by atoms with Gasteiger partial charge in [0, 0.05) is 19.3 Å². The van der Waals surface area contributed by atoms with E-state index in [0.29, 0.717) is 19.3 Å². The molecular formula is C61H118O6. The Hall–Kier alpha value is -1.59. The number of hydrogen-bond donors (Lipinski definition) is 0. The molecule has 398 valence electrons. The van der Waals surface area contributed by atoms with Crippen LogP contribution in [-0.4, -0.2) is 37.2 Å². The highest BCUT2D eigenvalue weighted by molar-refractivity contribution is 5.71. The van der Waals surface area contributed by atoms with Gasteiger partial charge >= 0.3 is 17.9 Å². The summed E-state index contributed by atoms with van der Waals surface area (Å²) >= 11 is 0. The van der Waals surface area contributed by atoms with Crippen LogP contribution in [0.5, 0.6) is 0 Å². The largest absolute Gasteiger partial charge is 0.462 e. The fourth-order valence-electron chi connectivity index (χ4n) is 9.29. The quantitative estimate of drug-likeness (QED) is 0.0343. The van der Waals surface area contributed by atoms with Gasteiger partial charge in [0.15, 0.2) is 6.10 Å². The molecule has 67 heavy (non-hydrogen) atoms. The molecule has 0 aromatic heterocycles. The van der Waals surface area contributed by atoms with E-state index in [0.717, 1.165) is 75.5 Å². The molecule has 0 bridgehead atoms. The van der Waals surface area contributed by atoms with Gasteiger partial charge in [0.1, 0.15) is 13.2 Å². The Morgan fingerprint density at radius 1 is 0.299 bits per heavy atom. The Morgan fingerprint density at radius 2 is 0.522 bits per heavy atom. The summed E-state index contributed by atoms with van der Waals surface area (Å²) in [5.41, 5.74) is 0. The van der Waals surface area contributed by atoms with E-state index in [-0.39, 0.29) is 31.1 Å². The maximum atomic E-state index is 12.8. The van der Waals surface area contributed by atoms with Crippen LogP contribution in [0.3, 0.4) is 0 Å². The molecule has 0 saturated heterocycles. The van der Waals surface area contributed by atoms with Gasteiger partial charge in [-0.2, -0.15) is 0 Å². The molecule has 2 unspecified atom stereocenters. The van der Waals surface area contributed by atoms with Crippen molar-refractivity contribution in [3.8, 4) is 0 Å². The number of hydrogen-bond acceptors (Lipinski definition) is 6. The van der Waals surface area contributed by atoms with Crippen molar-refractivity contribution in [2.45, 2.75) is 343 Å². The summed E-state index contributed by atoms with van der Waals surface area (Å²) in [6.07, 6.45) is 55.4. The number of unbranched alkanes of at least 4 members (excludes halogenated alkanes) is 35. The monoisotopic (exact) mass is 947 g/mol. The van der Waals surface area contributed by atoms with Crippen LogP contribution in [0.1, 0.15) is 337 Å². The predicted octanol–water partition coefficient (Wildman–Crippen LogP) is 19.9. The van der Waals surface area contributed by atoms with Crippen LogP contribution in [0, 0.1) is 17.8 Å². The molecule has 0 aliphatic heterocycles. The lowest BCUT2D eigenvalue weighted by Gasteiger charge is -2.18. The summed E-state index contributed by atoms with van der Waals surface area (Å²) in [7, 11) is 0. The molecule has 0 aromatic carbocycles. The van der Waals surface area contributed by atoms with Crippen LogP contribution < -0.4 is 0 Å². The average molecular weight is 948 g/mol. The molecule has 0 aromatic rings. The molecule has 3 atom stereocenters. The first-order valence-corrected chi connectivity index (χ1v) is 30.2. The molecule has 0 heterocycles. The standard InChI is InChI=1S/C61H118O6/c1-7-56(5)48-42-36-29-25-21-17-13-11-9-10-12-14-19-23-27-31-38-44-50-59(62)65-53-58(54-66-60(63)51-45-39-34-33-35-41-47-55(3)4)67-61(64)52-46-40-32-28-24-20-16-15-18-22-26-30-37-43-49-57(6)8-2/h55-58H,7-54H2,1-6H3/t56?,57?,58-/m0/s1. The minimum atomic E-state index is -0.764. The van der Waals surface area contributed by atoms with Crippen LogP contribution in [0.25, 0.3) is 0 Å². The van der Waals surface area contributed by atoms with Gasteiger partial charge in [-0.15, -0.1) is 0 Å². The third-order valence-corrected chi connectivity index (χ3v) is 14.6. The normalized spacial score (nSPS) is 12.9. The summed E-state index contributed by atoms with van der Waals surface area (Å²) < 4.78 is 16.9. The van der Waals surface area contributed by atoms with Crippen molar-refractivity contribution >= 4 is 17.9 Å². The van der Waals surface area contributed by atoms with Crippen molar-refractivity contribution in [1.29, 1.82) is 0 Å². The van der Waals surface area contributed by atoms with Crippen LogP contribution in [0.2, 0.25) is 0 Å². The maximum absolute atomic E-state index is 12.8. The Bertz CT molecular complexity index is 1040. The van der Waals surface area contributed by atoms with Gasteiger partial charge in [-0.1, -0.05) is 298 Å². The van der Waals surface area contributed by atoms with E-state index in [1.165, 1.54) is 218 Å². The Kier molecular flexibility index (Phi) is 51.0. The van der Waals surface area contributed by atoms with Gasteiger partial charge in [-0.3, -0.25) is 14.4 Å². The third kappa shape index (κ3) is 52.1. The summed E-state index contributed by atoms with van der Waals surface area (Å²) in [5, 5.41) is 0. The minimum absolute atomic E-state index is 0.0641. The second kappa shape index (κ2) is 52.2. The zero-order chi connectivity index (χ0) is 49.1. The van der Waals surface area contributed by atoms with Gasteiger partial charge in [0.25, 0.3) is 0 Å². The van der Waals surface area contributed by atoms with Crippen molar-refractivity contribution in [3.05, 3.63) is 0 Å². The van der Waals surface area contributed by atoms with Crippen molar-refractivity contribution in [2.24, 2.45) is 17.8 Å². The van der Waals surface area contributed by atoms with E-state index in [4.69, 9.17) is 14.2 Å². The van der Waals surface area contributed by atoms with E-state index < -0.39 is 6.10 Å². The van der Waals surface area contributed by atoms with Crippen LogP contribution >= 0.6 is 0 Å². The summed E-state index contributed by atoms with van der Waals surface area (Å²) in [6, 6.07) is 0. The highest BCUT2D eigenvalue weighted by Gasteiger charge is 2.19. The molecule has 6 nitrogen and oxygen atoms in total.